The van der Waals surface area contributed by atoms with Crippen molar-refractivity contribution in [3.8, 4) is 5.88 Å². The monoisotopic (exact) mass is 777 g/mol. The van der Waals surface area contributed by atoms with Crippen LogP contribution in [-0.4, -0.2) is 102 Å². The molecule has 1 saturated heterocycles. The quantitative estimate of drug-likeness (QED) is 0.305. The van der Waals surface area contributed by atoms with Crippen LogP contribution in [0.15, 0.2) is 48.8 Å². The van der Waals surface area contributed by atoms with Gasteiger partial charge in [0.25, 0.3) is 5.91 Å². The second kappa shape index (κ2) is 13.8. The van der Waals surface area contributed by atoms with E-state index in [0.717, 1.165) is 11.9 Å². The summed E-state index contributed by atoms with van der Waals surface area (Å²) in [6.07, 6.45) is 8.17. The van der Waals surface area contributed by atoms with Crippen molar-refractivity contribution in [3.05, 3.63) is 48.8 Å². The third-order valence-corrected chi connectivity index (χ3v) is 14.1. The zero-order valence-corrected chi connectivity index (χ0v) is 33.0. The lowest BCUT2D eigenvalue weighted by Gasteiger charge is -2.43. The van der Waals surface area contributed by atoms with Gasteiger partial charge in [-0.25, -0.2) is 18.2 Å². The number of benzene rings is 1. The summed E-state index contributed by atoms with van der Waals surface area (Å²) >= 11 is 0. The minimum absolute atomic E-state index is 0.00185. The largest absolute Gasteiger partial charge is 0.472 e. The summed E-state index contributed by atoms with van der Waals surface area (Å²) in [5.74, 6) is -2.15. The highest BCUT2D eigenvalue weighted by atomic mass is 32.2. The number of ether oxygens (including phenoxy) is 1. The van der Waals surface area contributed by atoms with Gasteiger partial charge in [-0.2, -0.15) is 4.98 Å². The van der Waals surface area contributed by atoms with Gasteiger partial charge in [-0.1, -0.05) is 38.1 Å². The highest BCUT2D eigenvalue weighted by Gasteiger charge is 2.63. The molecule has 0 unspecified atom stereocenters. The van der Waals surface area contributed by atoms with Crippen LogP contribution in [0.3, 0.4) is 0 Å². The number of rotatable bonds is 6. The van der Waals surface area contributed by atoms with Crippen molar-refractivity contribution >= 4 is 50.5 Å². The Morgan fingerprint density at radius 1 is 1.13 bits per heavy atom. The standard InChI is InChI=1S/C39H51N7O8S/c1-23-11-7-8-12-25-21-39(25,34(49)43-55(52,53)38(6)15-16-38)42-31(47)29-20-26(54-32-27-13-9-10-14-28(27)44-18-17-40-35(44)41-32)22-45(29)33(48)30(24(2)19-23)46(36(50)51)37(3,4)5/h8-10,12-14,17-18,23-26,29-30H,7,11,15-16,19-22H2,1-6H3,(H,42,47)(H,43,49)(H,50,51)/b12-8-/t23-,24-,25-,26-,29+,30+,39-/m1/s1. The maximum atomic E-state index is 15.1. The van der Waals surface area contributed by atoms with Crippen molar-refractivity contribution in [2.75, 3.05) is 6.54 Å². The van der Waals surface area contributed by atoms with Crippen molar-refractivity contribution in [3.63, 3.8) is 0 Å². The van der Waals surface area contributed by atoms with Crippen LogP contribution in [-0.2, 0) is 24.4 Å². The molecule has 16 heteroatoms. The van der Waals surface area contributed by atoms with Crippen LogP contribution in [0.1, 0.15) is 86.5 Å². The molecule has 2 aliphatic heterocycles. The molecule has 15 nitrogen and oxygen atoms in total. The Morgan fingerprint density at radius 2 is 1.85 bits per heavy atom. The number of sulfonamides is 1. The first kappa shape index (κ1) is 38.5. The number of imidazole rings is 1. The van der Waals surface area contributed by atoms with E-state index in [1.54, 1.807) is 40.1 Å². The number of fused-ring (bicyclic) bond motifs is 5. The van der Waals surface area contributed by atoms with Crippen LogP contribution in [0.5, 0.6) is 5.88 Å². The number of carbonyl (C=O) groups excluding carboxylic acids is 3. The van der Waals surface area contributed by atoms with E-state index in [9.17, 15) is 27.9 Å². The molecule has 296 valence electrons. The Morgan fingerprint density at radius 3 is 2.55 bits per heavy atom. The predicted molar refractivity (Wildman–Crippen MR) is 203 cm³/mol. The van der Waals surface area contributed by atoms with Crippen LogP contribution >= 0.6 is 0 Å². The molecular formula is C39H51N7O8S. The van der Waals surface area contributed by atoms with E-state index in [1.807, 2.05) is 47.7 Å². The van der Waals surface area contributed by atoms with Crippen LogP contribution in [0, 0.1) is 17.8 Å². The number of nitrogens with one attached hydrogen (secondary N) is 2. The van der Waals surface area contributed by atoms with Crippen molar-refractivity contribution < 1.29 is 37.4 Å². The van der Waals surface area contributed by atoms with Gasteiger partial charge in [0, 0.05) is 30.3 Å². The number of carbonyl (C=O) groups is 4. The van der Waals surface area contributed by atoms with Crippen LogP contribution in [0.4, 0.5) is 4.79 Å². The third kappa shape index (κ3) is 7.13. The number of amides is 4. The van der Waals surface area contributed by atoms with Gasteiger partial charge in [0.05, 0.1) is 22.2 Å². The molecule has 7 atom stereocenters. The molecule has 4 aliphatic rings. The van der Waals surface area contributed by atoms with Crippen LogP contribution < -0.4 is 14.8 Å². The molecule has 0 radical (unpaired) electrons. The lowest BCUT2D eigenvalue weighted by Crippen LogP contribution is -2.62. The van der Waals surface area contributed by atoms with E-state index in [4.69, 9.17) is 4.74 Å². The number of hydrogen-bond acceptors (Lipinski definition) is 9. The van der Waals surface area contributed by atoms with Crippen LogP contribution in [0.25, 0.3) is 16.7 Å². The normalized spacial score (nSPS) is 30.3. The first-order valence-electron chi connectivity index (χ1n) is 19.1. The number of carboxylic acid groups (broad SMARTS) is 1. The molecule has 2 aliphatic carbocycles. The molecule has 4 heterocycles. The van der Waals surface area contributed by atoms with Gasteiger partial charge < -0.3 is 20.1 Å². The summed E-state index contributed by atoms with van der Waals surface area (Å²) in [4.78, 5) is 68.2. The molecular weight excluding hydrogens is 727 g/mol. The number of allylic oxidation sites excluding steroid dienone is 1. The number of nitrogens with zero attached hydrogens (tertiary/aromatic N) is 5. The fraction of sp³-hybridized carbons (Fsp3) is 0.590. The molecule has 4 amide bonds. The van der Waals surface area contributed by atoms with Gasteiger partial charge in [-0.05, 0) is 90.2 Å². The molecule has 0 spiro atoms. The lowest BCUT2D eigenvalue weighted by atomic mass is 9.85. The molecule has 55 heavy (non-hydrogen) atoms. The molecule has 0 bridgehead atoms. The average Bonchev–Trinajstić information content (AvgIpc) is 3.89. The van der Waals surface area contributed by atoms with Crippen molar-refractivity contribution in [1.29, 1.82) is 0 Å². The molecule has 2 saturated carbocycles. The van der Waals surface area contributed by atoms with E-state index < -0.39 is 79.7 Å². The summed E-state index contributed by atoms with van der Waals surface area (Å²) in [5, 5.41) is 14.2. The maximum absolute atomic E-state index is 15.1. The summed E-state index contributed by atoms with van der Waals surface area (Å²) < 4.78 is 36.0. The molecule has 3 N–H and O–H groups in total. The number of hydrogen-bond donors (Lipinski definition) is 3. The molecule has 1 aromatic carbocycles. The van der Waals surface area contributed by atoms with Crippen LogP contribution in [0.2, 0.25) is 0 Å². The second-order valence-corrected chi connectivity index (χ2v) is 19.5. The number of aromatic nitrogens is 3. The Balaban J connectivity index is 1.28. The van der Waals surface area contributed by atoms with Gasteiger partial charge in [0.15, 0.2) is 0 Å². The predicted octanol–water partition coefficient (Wildman–Crippen LogP) is 4.26. The van der Waals surface area contributed by atoms with Gasteiger partial charge in [0.2, 0.25) is 33.5 Å². The lowest BCUT2D eigenvalue weighted by molar-refractivity contribution is -0.146. The van der Waals surface area contributed by atoms with Gasteiger partial charge >= 0.3 is 6.09 Å². The molecule has 3 aromatic rings. The fourth-order valence-electron chi connectivity index (χ4n) is 8.39. The van der Waals surface area contributed by atoms with Crippen molar-refractivity contribution in [2.45, 2.75) is 121 Å². The SMILES string of the molecule is C[C@@H]1CC/C=C\[C@@H]2C[C@@]2(C(=O)NS(=O)(=O)C2(C)CC2)NC(=O)[C@@H]2C[C@@H](Oc3nc4nccn4c4ccccc34)CN2C(=O)[C@@H](N(C(=O)O)C(C)(C)C)[C@H](C)C1. The first-order chi connectivity index (χ1) is 25.8. The average molecular weight is 778 g/mol. The van der Waals surface area contributed by atoms with E-state index in [2.05, 4.69) is 26.9 Å². The van der Waals surface area contributed by atoms with E-state index in [1.165, 1.54) is 9.80 Å². The summed E-state index contributed by atoms with van der Waals surface area (Å²) in [7, 11) is -4.02. The molecule has 2 aromatic heterocycles. The Kier molecular flexibility index (Phi) is 9.66. The minimum Gasteiger partial charge on any atom is -0.472 e. The summed E-state index contributed by atoms with van der Waals surface area (Å²) in [6, 6.07) is 5.17. The maximum Gasteiger partial charge on any atom is 0.408 e. The van der Waals surface area contributed by atoms with E-state index >= 15 is 4.79 Å². The zero-order valence-electron chi connectivity index (χ0n) is 32.2. The molecule has 7 rings (SSSR count). The van der Waals surface area contributed by atoms with Gasteiger partial charge in [-0.3, -0.25) is 28.4 Å². The van der Waals surface area contributed by atoms with Crippen molar-refractivity contribution in [2.24, 2.45) is 17.8 Å². The fourth-order valence-corrected chi connectivity index (χ4v) is 9.71. The third-order valence-electron chi connectivity index (χ3n) is 11.9. The minimum atomic E-state index is -4.02. The highest BCUT2D eigenvalue weighted by molar-refractivity contribution is 7.91. The summed E-state index contributed by atoms with van der Waals surface area (Å²) in [6.45, 7) is 10.7. The van der Waals surface area contributed by atoms with Gasteiger partial charge in [-0.15, -0.1) is 0 Å². The van der Waals surface area contributed by atoms with Crippen molar-refractivity contribution in [1.82, 2.24) is 34.2 Å². The van der Waals surface area contributed by atoms with E-state index in [0.29, 0.717) is 36.8 Å². The molecule has 3 fully saturated rings. The number of para-hydroxylation sites is 1. The first-order valence-corrected chi connectivity index (χ1v) is 20.6. The smallest absolute Gasteiger partial charge is 0.408 e. The summed E-state index contributed by atoms with van der Waals surface area (Å²) in [5.41, 5.74) is -1.74. The topological polar surface area (TPSA) is 193 Å². The van der Waals surface area contributed by atoms with Gasteiger partial charge in [0.1, 0.15) is 23.7 Å². The Bertz CT molecular complexity index is 2180. The Hall–Kier alpha value is -4.73. The Labute approximate surface area is 320 Å². The zero-order chi connectivity index (χ0) is 39.7. The van der Waals surface area contributed by atoms with E-state index in [-0.39, 0.29) is 31.2 Å². The second-order valence-electron chi connectivity index (χ2n) is 17.3. The highest BCUT2D eigenvalue weighted by Crippen LogP contribution is 2.48.